The molecule has 0 amide bonds. The number of rotatable bonds is 4. The van der Waals surface area contributed by atoms with E-state index in [1.165, 1.54) is 12.4 Å². The Kier molecular flexibility index (Phi) is 3.49. The summed E-state index contributed by atoms with van der Waals surface area (Å²) in [6.45, 7) is -0.497. The number of hydrogen-bond acceptors (Lipinski definition) is 6. The van der Waals surface area contributed by atoms with Gasteiger partial charge in [0.05, 0.1) is 6.00 Å². The maximum atomic E-state index is 11.7. The standard InChI is InChI=1S/C8H10BN2O6P/c9-8-7(13)6(12)5(17-8)3-16-18(14,15)11-2-1-10-4-11/h1-2,4,7-8,12-13H,3H2,(H,14,15)/t7?,8-/m1/s1. The molecule has 0 fully saturated rings. The number of ether oxygens (including phenoxy) is 1. The molecule has 3 N–H and O–H groups in total. The van der Waals surface area contributed by atoms with Crippen molar-refractivity contribution in [3.8, 4) is 0 Å². The molecule has 1 aromatic rings. The van der Waals surface area contributed by atoms with E-state index in [9.17, 15) is 19.7 Å². The largest absolute Gasteiger partial charge is 0.506 e. The summed E-state index contributed by atoms with van der Waals surface area (Å²) in [5, 5.41) is 18.7. The SMILES string of the molecule is [B][C@@H]1OC(COP(=O)(O)n2ccnc2)=C(O)C1O. The molecular weight excluding hydrogens is 262 g/mol. The first-order valence-electron chi connectivity index (χ1n) is 4.90. The number of aliphatic hydroxyl groups is 2. The highest BCUT2D eigenvalue weighted by molar-refractivity contribution is 7.51. The molecule has 10 heteroatoms. The molecule has 1 aromatic heterocycles. The van der Waals surface area contributed by atoms with Crippen molar-refractivity contribution in [1.29, 1.82) is 0 Å². The lowest BCUT2D eigenvalue weighted by molar-refractivity contribution is 0.0823. The fraction of sp³-hybridized carbons (Fsp3) is 0.375. The van der Waals surface area contributed by atoms with Crippen molar-refractivity contribution in [3.05, 3.63) is 30.2 Å². The lowest BCUT2D eigenvalue weighted by atomic mass is 9.95. The van der Waals surface area contributed by atoms with Crippen LogP contribution in [0.3, 0.4) is 0 Å². The number of nitrogens with zero attached hydrogens (tertiary/aromatic N) is 2. The molecule has 2 unspecified atom stereocenters. The summed E-state index contributed by atoms with van der Waals surface area (Å²) in [5.74, 6) is -0.683. The van der Waals surface area contributed by atoms with Crippen molar-refractivity contribution >= 4 is 15.6 Å². The number of aromatic nitrogens is 2. The maximum Gasteiger partial charge on any atom is 0.437 e. The summed E-state index contributed by atoms with van der Waals surface area (Å²) >= 11 is 0. The normalized spacial score (nSPS) is 27.0. The molecule has 1 aliphatic heterocycles. The van der Waals surface area contributed by atoms with Gasteiger partial charge in [0, 0.05) is 12.4 Å². The Labute approximate surface area is 103 Å². The van der Waals surface area contributed by atoms with E-state index >= 15 is 0 Å². The summed E-state index contributed by atoms with van der Waals surface area (Å²) in [5.41, 5.74) is 0. The maximum absolute atomic E-state index is 11.7. The van der Waals surface area contributed by atoms with E-state index in [1.54, 1.807) is 0 Å². The van der Waals surface area contributed by atoms with Gasteiger partial charge < -0.3 is 19.8 Å². The molecule has 0 spiro atoms. The third kappa shape index (κ3) is 2.44. The zero-order valence-electron chi connectivity index (χ0n) is 9.08. The number of aliphatic hydroxyl groups excluding tert-OH is 2. The van der Waals surface area contributed by atoms with E-state index in [-0.39, 0.29) is 5.76 Å². The third-order valence-electron chi connectivity index (χ3n) is 2.30. The minimum absolute atomic E-state index is 0.176. The molecule has 18 heavy (non-hydrogen) atoms. The summed E-state index contributed by atoms with van der Waals surface area (Å²) in [6.07, 6.45) is 2.32. The third-order valence-corrected chi connectivity index (χ3v) is 3.59. The van der Waals surface area contributed by atoms with Crippen LogP contribution in [0.15, 0.2) is 30.2 Å². The lowest BCUT2D eigenvalue weighted by Gasteiger charge is -2.13. The Balaban J connectivity index is 2.03. The second-order valence-corrected chi connectivity index (χ2v) is 5.24. The molecule has 0 saturated carbocycles. The van der Waals surface area contributed by atoms with E-state index in [4.69, 9.17) is 17.1 Å². The molecule has 0 aliphatic carbocycles. The van der Waals surface area contributed by atoms with Crippen LogP contribution in [0.1, 0.15) is 0 Å². The monoisotopic (exact) mass is 272 g/mol. The second kappa shape index (κ2) is 4.77. The van der Waals surface area contributed by atoms with E-state index in [0.717, 1.165) is 10.7 Å². The van der Waals surface area contributed by atoms with Crippen molar-refractivity contribution in [2.45, 2.75) is 12.1 Å². The second-order valence-electron chi connectivity index (χ2n) is 3.54. The van der Waals surface area contributed by atoms with Crippen LogP contribution in [0, 0.1) is 0 Å². The Hall–Kier alpha value is -1.28. The quantitative estimate of drug-likeness (QED) is 0.500. The van der Waals surface area contributed by atoms with Crippen LogP contribution in [0.4, 0.5) is 0 Å². The number of imidazole rings is 1. The molecule has 3 atom stereocenters. The van der Waals surface area contributed by atoms with Gasteiger partial charge in [-0.3, -0.25) is 4.52 Å². The Bertz CT molecular complexity index is 504. The van der Waals surface area contributed by atoms with Gasteiger partial charge >= 0.3 is 7.75 Å². The summed E-state index contributed by atoms with van der Waals surface area (Å²) < 4.78 is 22.2. The molecule has 2 heterocycles. The Morgan fingerprint density at radius 1 is 1.67 bits per heavy atom. The highest BCUT2D eigenvalue weighted by Crippen LogP contribution is 2.44. The molecular formula is C8H10BN2O6P. The van der Waals surface area contributed by atoms with E-state index in [1.807, 2.05) is 0 Å². The van der Waals surface area contributed by atoms with Gasteiger partial charge in [-0.1, -0.05) is 0 Å². The van der Waals surface area contributed by atoms with E-state index < -0.39 is 32.2 Å². The molecule has 2 rings (SSSR count). The van der Waals surface area contributed by atoms with Gasteiger partial charge in [-0.2, -0.15) is 0 Å². The van der Waals surface area contributed by atoms with Gasteiger partial charge in [0.25, 0.3) is 0 Å². The first kappa shape index (κ1) is 13.2. The van der Waals surface area contributed by atoms with Gasteiger partial charge in [-0.15, -0.1) is 0 Å². The average Bonchev–Trinajstić information content (AvgIpc) is 2.92. The molecule has 0 bridgehead atoms. The Morgan fingerprint density at radius 3 is 2.89 bits per heavy atom. The van der Waals surface area contributed by atoms with Crippen LogP contribution in [0.2, 0.25) is 0 Å². The molecule has 2 radical (unpaired) electrons. The van der Waals surface area contributed by atoms with Crippen molar-refractivity contribution in [2.24, 2.45) is 0 Å². The molecule has 0 aromatic carbocycles. The summed E-state index contributed by atoms with van der Waals surface area (Å²) in [7, 11) is 1.21. The molecule has 8 nitrogen and oxygen atoms in total. The van der Waals surface area contributed by atoms with Crippen molar-refractivity contribution in [2.75, 3.05) is 6.61 Å². The first-order valence-corrected chi connectivity index (χ1v) is 6.43. The Morgan fingerprint density at radius 2 is 2.39 bits per heavy atom. The minimum atomic E-state index is -4.11. The van der Waals surface area contributed by atoms with Crippen LogP contribution >= 0.6 is 7.75 Å². The van der Waals surface area contributed by atoms with Gasteiger partial charge in [-0.25, -0.2) is 13.9 Å². The van der Waals surface area contributed by atoms with Crippen LogP contribution in [-0.4, -0.2) is 51.0 Å². The minimum Gasteiger partial charge on any atom is -0.506 e. The average molecular weight is 272 g/mol. The van der Waals surface area contributed by atoms with E-state index in [2.05, 4.69) is 4.98 Å². The molecule has 96 valence electrons. The van der Waals surface area contributed by atoms with Crippen LogP contribution in [0.25, 0.3) is 0 Å². The highest BCUT2D eigenvalue weighted by Gasteiger charge is 2.33. The van der Waals surface area contributed by atoms with Crippen molar-refractivity contribution < 1.29 is 28.9 Å². The molecule has 0 saturated heterocycles. The van der Waals surface area contributed by atoms with Gasteiger partial charge in [0.15, 0.2) is 11.5 Å². The number of hydrogen-bond donors (Lipinski definition) is 3. The molecule has 1 aliphatic rings. The topological polar surface area (TPSA) is 114 Å². The van der Waals surface area contributed by atoms with E-state index in [0.29, 0.717) is 0 Å². The van der Waals surface area contributed by atoms with Crippen LogP contribution < -0.4 is 0 Å². The van der Waals surface area contributed by atoms with Crippen LogP contribution in [-0.2, 0) is 13.8 Å². The summed E-state index contributed by atoms with van der Waals surface area (Å²) in [6, 6.07) is -1.12. The fourth-order valence-electron chi connectivity index (χ4n) is 1.33. The zero-order chi connectivity index (χ0) is 13.3. The fourth-order valence-corrected chi connectivity index (χ4v) is 2.17. The van der Waals surface area contributed by atoms with Crippen molar-refractivity contribution in [3.63, 3.8) is 0 Å². The van der Waals surface area contributed by atoms with Crippen molar-refractivity contribution in [1.82, 2.24) is 9.32 Å². The predicted molar refractivity (Wildman–Crippen MR) is 59.7 cm³/mol. The zero-order valence-corrected chi connectivity index (χ0v) is 9.97. The van der Waals surface area contributed by atoms with Gasteiger partial charge in [0.2, 0.25) is 0 Å². The predicted octanol–water partition coefficient (Wildman–Crippen LogP) is -0.497. The highest BCUT2D eigenvalue weighted by atomic mass is 31.2. The van der Waals surface area contributed by atoms with Gasteiger partial charge in [0.1, 0.15) is 26.9 Å². The van der Waals surface area contributed by atoms with Gasteiger partial charge in [-0.05, 0) is 0 Å². The lowest BCUT2D eigenvalue weighted by Crippen LogP contribution is -2.23. The first-order chi connectivity index (χ1) is 8.42. The van der Waals surface area contributed by atoms with Crippen LogP contribution in [0.5, 0.6) is 0 Å². The smallest absolute Gasteiger partial charge is 0.437 e. The summed E-state index contributed by atoms with van der Waals surface area (Å²) in [4.78, 5) is 13.2.